The highest BCUT2D eigenvalue weighted by molar-refractivity contribution is 5.26. The van der Waals surface area contributed by atoms with E-state index < -0.39 is 0 Å². The second kappa shape index (κ2) is 4.20. The van der Waals surface area contributed by atoms with Gasteiger partial charge in [0.05, 0.1) is 0 Å². The smallest absolute Gasteiger partial charge is 0.252 e. The Labute approximate surface area is 77.2 Å². The van der Waals surface area contributed by atoms with Gasteiger partial charge in [0.15, 0.2) is 0 Å². The fraction of sp³-hybridized carbons (Fsp3) is 0.444. The number of hydrogen-bond acceptors (Lipinski definition) is 3. The number of rotatable bonds is 3. The molecule has 1 aromatic heterocycles. The molecule has 4 nitrogen and oxygen atoms in total. The molecule has 0 atom stereocenters. The summed E-state index contributed by atoms with van der Waals surface area (Å²) >= 11 is 0. The van der Waals surface area contributed by atoms with Gasteiger partial charge in [0, 0.05) is 24.3 Å². The van der Waals surface area contributed by atoms with Gasteiger partial charge >= 0.3 is 0 Å². The molecule has 0 aromatic carbocycles. The molecule has 0 amide bonds. The molecule has 0 bridgehead atoms. The molecule has 0 saturated heterocycles. The lowest BCUT2D eigenvalue weighted by molar-refractivity contribution is 0.792. The van der Waals surface area contributed by atoms with Crippen molar-refractivity contribution in [1.29, 1.82) is 0 Å². The second-order valence-electron chi connectivity index (χ2n) is 3.02. The van der Waals surface area contributed by atoms with E-state index in [4.69, 9.17) is 5.73 Å². The maximum atomic E-state index is 11.4. The number of nitrogens with two attached hydrogens (primary N) is 1. The van der Waals surface area contributed by atoms with Gasteiger partial charge in [-0.25, -0.2) is 0 Å². The maximum absolute atomic E-state index is 11.4. The van der Waals surface area contributed by atoms with Crippen LogP contribution in [-0.2, 0) is 13.1 Å². The van der Waals surface area contributed by atoms with Crippen molar-refractivity contribution in [3.63, 3.8) is 0 Å². The number of aryl methyl sites for hydroxylation is 1. The second-order valence-corrected chi connectivity index (χ2v) is 3.02. The highest BCUT2D eigenvalue weighted by Gasteiger charge is 2.05. The third kappa shape index (κ3) is 2.17. The van der Waals surface area contributed by atoms with Crippen molar-refractivity contribution < 1.29 is 0 Å². The van der Waals surface area contributed by atoms with Crippen LogP contribution in [0.1, 0.15) is 16.8 Å². The Morgan fingerprint density at radius 2 is 2.31 bits per heavy atom. The number of aromatic nitrogens is 1. The van der Waals surface area contributed by atoms with Crippen molar-refractivity contribution in [2.24, 2.45) is 5.73 Å². The Hall–Kier alpha value is -1.13. The normalized spacial score (nSPS) is 10.4. The molecular weight excluding hydrogens is 166 g/mol. The fourth-order valence-electron chi connectivity index (χ4n) is 1.36. The van der Waals surface area contributed by atoms with Gasteiger partial charge in [0.2, 0.25) is 0 Å². The molecule has 0 saturated carbocycles. The van der Waals surface area contributed by atoms with Crippen molar-refractivity contribution in [1.82, 2.24) is 10.3 Å². The third-order valence-electron chi connectivity index (χ3n) is 1.93. The molecule has 0 aliphatic carbocycles. The predicted molar refractivity (Wildman–Crippen MR) is 52.5 cm³/mol. The van der Waals surface area contributed by atoms with Gasteiger partial charge in [-0.1, -0.05) is 0 Å². The summed E-state index contributed by atoms with van der Waals surface area (Å²) in [4.78, 5) is 14.1. The number of pyridine rings is 1. The van der Waals surface area contributed by atoms with Gasteiger partial charge in [-0.15, -0.1) is 0 Å². The van der Waals surface area contributed by atoms with Crippen molar-refractivity contribution >= 4 is 0 Å². The van der Waals surface area contributed by atoms with Crippen LogP contribution < -0.4 is 16.6 Å². The van der Waals surface area contributed by atoms with E-state index in [1.54, 1.807) is 0 Å². The highest BCUT2D eigenvalue weighted by Crippen LogP contribution is 2.03. The average Bonchev–Trinajstić information content (AvgIpc) is 2.04. The molecule has 72 valence electrons. The van der Waals surface area contributed by atoms with Gasteiger partial charge in [0.25, 0.3) is 5.56 Å². The van der Waals surface area contributed by atoms with Crippen molar-refractivity contribution in [3.05, 3.63) is 33.2 Å². The lowest BCUT2D eigenvalue weighted by Gasteiger charge is -2.06. The number of H-pyrrole nitrogens is 1. The van der Waals surface area contributed by atoms with Crippen LogP contribution >= 0.6 is 0 Å². The van der Waals surface area contributed by atoms with E-state index in [9.17, 15) is 4.79 Å². The Balaban J connectivity index is 3.21. The molecule has 1 aromatic rings. The number of hydrogen-bond donors (Lipinski definition) is 3. The first kappa shape index (κ1) is 9.95. The van der Waals surface area contributed by atoms with Crippen molar-refractivity contribution in [3.8, 4) is 0 Å². The minimum atomic E-state index is -0.0762. The summed E-state index contributed by atoms with van der Waals surface area (Å²) in [6, 6.07) is 1.94. The first-order valence-corrected chi connectivity index (χ1v) is 4.25. The summed E-state index contributed by atoms with van der Waals surface area (Å²) in [7, 11) is 1.84. The molecule has 0 fully saturated rings. The number of nitrogens with one attached hydrogen (secondary N) is 2. The predicted octanol–water partition coefficient (Wildman–Crippen LogP) is -0.139. The standard InChI is InChI=1S/C9H15N3O/c1-6-3-7(5-11-2)8(4-10)9(13)12-6/h3,11H,4-5,10H2,1-2H3,(H,12,13). The van der Waals surface area contributed by atoms with Gasteiger partial charge in [-0.05, 0) is 25.6 Å². The minimum absolute atomic E-state index is 0.0762. The highest BCUT2D eigenvalue weighted by atomic mass is 16.1. The van der Waals surface area contributed by atoms with Gasteiger partial charge in [-0.3, -0.25) is 4.79 Å². The van der Waals surface area contributed by atoms with Crippen LogP contribution in [0.5, 0.6) is 0 Å². The van der Waals surface area contributed by atoms with E-state index >= 15 is 0 Å². The first-order chi connectivity index (χ1) is 6.19. The summed E-state index contributed by atoms with van der Waals surface area (Å²) in [5, 5.41) is 3.00. The number of aromatic amines is 1. The molecule has 1 rings (SSSR count). The molecular formula is C9H15N3O. The van der Waals surface area contributed by atoms with Crippen LogP contribution in [0.2, 0.25) is 0 Å². The molecule has 4 heteroatoms. The Kier molecular flexibility index (Phi) is 3.22. The molecule has 4 N–H and O–H groups in total. The van der Waals surface area contributed by atoms with Crippen LogP contribution in [-0.4, -0.2) is 12.0 Å². The molecule has 0 aliphatic heterocycles. The summed E-state index contributed by atoms with van der Waals surface area (Å²) in [5.74, 6) is 0. The summed E-state index contributed by atoms with van der Waals surface area (Å²) < 4.78 is 0. The Morgan fingerprint density at radius 1 is 1.62 bits per heavy atom. The van der Waals surface area contributed by atoms with E-state index in [0.29, 0.717) is 12.1 Å². The van der Waals surface area contributed by atoms with Gasteiger partial charge < -0.3 is 16.0 Å². The Morgan fingerprint density at radius 3 is 2.85 bits per heavy atom. The molecule has 0 unspecified atom stereocenters. The zero-order valence-corrected chi connectivity index (χ0v) is 7.98. The lowest BCUT2D eigenvalue weighted by atomic mass is 10.1. The van der Waals surface area contributed by atoms with Crippen molar-refractivity contribution in [2.45, 2.75) is 20.0 Å². The van der Waals surface area contributed by atoms with Crippen LogP contribution in [0.25, 0.3) is 0 Å². The molecule has 0 aliphatic rings. The minimum Gasteiger partial charge on any atom is -0.326 e. The SMILES string of the molecule is CNCc1cc(C)[nH]c(=O)c1CN. The van der Waals surface area contributed by atoms with E-state index in [0.717, 1.165) is 11.3 Å². The van der Waals surface area contributed by atoms with Crippen LogP contribution in [0.15, 0.2) is 10.9 Å². The summed E-state index contributed by atoms with van der Waals surface area (Å²) in [6.45, 7) is 2.82. The van der Waals surface area contributed by atoms with E-state index in [-0.39, 0.29) is 12.1 Å². The Bertz CT molecular complexity index is 343. The molecule has 13 heavy (non-hydrogen) atoms. The zero-order chi connectivity index (χ0) is 9.84. The average molecular weight is 181 g/mol. The third-order valence-corrected chi connectivity index (χ3v) is 1.93. The summed E-state index contributed by atoms with van der Waals surface area (Å²) in [5.41, 5.74) is 7.92. The van der Waals surface area contributed by atoms with Crippen LogP contribution in [0.3, 0.4) is 0 Å². The largest absolute Gasteiger partial charge is 0.326 e. The molecule has 1 heterocycles. The lowest BCUT2D eigenvalue weighted by Crippen LogP contribution is -2.22. The zero-order valence-electron chi connectivity index (χ0n) is 7.98. The van der Waals surface area contributed by atoms with Crippen LogP contribution in [0, 0.1) is 6.92 Å². The topological polar surface area (TPSA) is 70.9 Å². The van der Waals surface area contributed by atoms with E-state index in [1.165, 1.54) is 0 Å². The fourth-order valence-corrected chi connectivity index (χ4v) is 1.36. The quantitative estimate of drug-likeness (QED) is 0.608. The van der Waals surface area contributed by atoms with Gasteiger partial charge in [0.1, 0.15) is 0 Å². The van der Waals surface area contributed by atoms with E-state index in [2.05, 4.69) is 10.3 Å². The molecule has 0 spiro atoms. The van der Waals surface area contributed by atoms with Gasteiger partial charge in [-0.2, -0.15) is 0 Å². The summed E-state index contributed by atoms with van der Waals surface area (Å²) in [6.07, 6.45) is 0. The molecule has 0 radical (unpaired) electrons. The van der Waals surface area contributed by atoms with Crippen molar-refractivity contribution in [2.75, 3.05) is 7.05 Å². The van der Waals surface area contributed by atoms with E-state index in [1.807, 2.05) is 20.0 Å². The first-order valence-electron chi connectivity index (χ1n) is 4.25. The monoisotopic (exact) mass is 181 g/mol. The van der Waals surface area contributed by atoms with Crippen LogP contribution in [0.4, 0.5) is 0 Å². The maximum Gasteiger partial charge on any atom is 0.252 e.